The molecule has 0 fully saturated rings. The van der Waals surface area contributed by atoms with Crippen LogP contribution in [0.15, 0.2) is 36.8 Å². The van der Waals surface area contributed by atoms with Crippen molar-refractivity contribution in [2.75, 3.05) is 0 Å². The van der Waals surface area contributed by atoms with Gasteiger partial charge in [-0.25, -0.2) is 9.37 Å². The third-order valence-electron chi connectivity index (χ3n) is 1.83. The molecule has 0 spiro atoms. The fourth-order valence-electron chi connectivity index (χ4n) is 1.21. The third kappa shape index (κ3) is 1.59. The average Bonchev–Trinajstić information content (AvgIpc) is 2.52. The van der Waals surface area contributed by atoms with Crippen LogP contribution in [0, 0.1) is 5.82 Å². The maximum atomic E-state index is 12.8. The van der Waals surface area contributed by atoms with Crippen LogP contribution in [0.1, 0.15) is 0 Å². The normalized spacial score (nSPS) is 10.3. The molecule has 2 aromatic rings. The van der Waals surface area contributed by atoms with E-state index in [1.165, 1.54) is 12.1 Å². The summed E-state index contributed by atoms with van der Waals surface area (Å²) in [4.78, 5) is 4.12. The van der Waals surface area contributed by atoms with Crippen LogP contribution in [0.25, 0.3) is 11.3 Å². The molecule has 1 aromatic carbocycles. The van der Waals surface area contributed by atoms with E-state index in [1.807, 2.05) is 23.9 Å². The van der Waals surface area contributed by atoms with Crippen molar-refractivity contribution in [3.8, 4) is 11.3 Å². The first kappa shape index (κ1) is 7.98. The van der Waals surface area contributed by atoms with E-state index in [2.05, 4.69) is 4.98 Å². The first-order valence-corrected chi connectivity index (χ1v) is 3.99. The minimum atomic E-state index is -0.233. The van der Waals surface area contributed by atoms with Crippen molar-refractivity contribution >= 4 is 0 Å². The first-order valence-electron chi connectivity index (χ1n) is 3.99. The second kappa shape index (κ2) is 3.01. The van der Waals surface area contributed by atoms with Crippen molar-refractivity contribution in [2.45, 2.75) is 0 Å². The van der Waals surface area contributed by atoms with Crippen LogP contribution in [-0.2, 0) is 7.05 Å². The first-order chi connectivity index (χ1) is 6.25. The lowest BCUT2D eigenvalue weighted by Crippen LogP contribution is -1.80. The van der Waals surface area contributed by atoms with E-state index in [0.717, 1.165) is 11.3 Å². The molecule has 3 heteroatoms. The van der Waals surface area contributed by atoms with Crippen molar-refractivity contribution in [1.82, 2.24) is 9.55 Å². The van der Waals surface area contributed by atoms with Crippen molar-refractivity contribution in [2.24, 2.45) is 7.05 Å². The zero-order valence-corrected chi connectivity index (χ0v) is 7.24. The second-order valence-corrected chi connectivity index (χ2v) is 2.93. The van der Waals surface area contributed by atoms with Crippen LogP contribution in [-0.4, -0.2) is 9.55 Å². The molecule has 0 unspecified atom stereocenters. The van der Waals surface area contributed by atoms with Crippen molar-refractivity contribution in [1.29, 1.82) is 0 Å². The maximum absolute atomic E-state index is 12.8. The van der Waals surface area contributed by atoms with Gasteiger partial charge in [-0.2, -0.15) is 0 Å². The van der Waals surface area contributed by atoms with Gasteiger partial charge in [-0.15, -0.1) is 0 Å². The van der Waals surface area contributed by atoms with Crippen molar-refractivity contribution in [3.05, 3.63) is 42.6 Å². The predicted molar refractivity (Wildman–Crippen MR) is 48.6 cm³/mol. The standard InChI is InChI=1S/C10H9FN2/c1-13-6-10(12-7-13)8-3-2-4-9(11)5-8/h2-7H,1H3. The van der Waals surface area contributed by atoms with Crippen LogP contribution < -0.4 is 0 Å². The number of halogens is 1. The summed E-state index contributed by atoms with van der Waals surface area (Å²) >= 11 is 0. The Morgan fingerprint density at radius 3 is 2.85 bits per heavy atom. The fourth-order valence-corrected chi connectivity index (χ4v) is 1.21. The summed E-state index contributed by atoms with van der Waals surface area (Å²) < 4.78 is 14.7. The van der Waals surface area contributed by atoms with Gasteiger partial charge in [0.05, 0.1) is 12.0 Å². The third-order valence-corrected chi connectivity index (χ3v) is 1.83. The monoisotopic (exact) mass is 176 g/mol. The Morgan fingerprint density at radius 1 is 1.38 bits per heavy atom. The van der Waals surface area contributed by atoms with E-state index in [-0.39, 0.29) is 5.82 Å². The number of benzene rings is 1. The molecule has 0 radical (unpaired) electrons. The summed E-state index contributed by atoms with van der Waals surface area (Å²) in [6, 6.07) is 6.42. The van der Waals surface area contributed by atoms with Gasteiger partial charge in [0.1, 0.15) is 5.82 Å². The minimum absolute atomic E-state index is 0.233. The van der Waals surface area contributed by atoms with Crippen LogP contribution in [0.4, 0.5) is 4.39 Å². The van der Waals surface area contributed by atoms with Gasteiger partial charge in [0, 0.05) is 18.8 Å². The van der Waals surface area contributed by atoms with E-state index in [0.29, 0.717) is 0 Å². The number of aryl methyl sites for hydroxylation is 1. The van der Waals surface area contributed by atoms with Crippen LogP contribution in [0.2, 0.25) is 0 Å². The Morgan fingerprint density at radius 2 is 2.23 bits per heavy atom. The van der Waals surface area contributed by atoms with Crippen LogP contribution >= 0.6 is 0 Å². The summed E-state index contributed by atoms with van der Waals surface area (Å²) in [5, 5.41) is 0. The van der Waals surface area contributed by atoms with Gasteiger partial charge in [-0.05, 0) is 12.1 Å². The van der Waals surface area contributed by atoms with E-state index in [1.54, 1.807) is 12.4 Å². The van der Waals surface area contributed by atoms with E-state index in [4.69, 9.17) is 0 Å². The highest BCUT2D eigenvalue weighted by molar-refractivity contribution is 5.57. The van der Waals surface area contributed by atoms with Gasteiger partial charge in [0.25, 0.3) is 0 Å². The minimum Gasteiger partial charge on any atom is -0.340 e. The van der Waals surface area contributed by atoms with E-state index >= 15 is 0 Å². The van der Waals surface area contributed by atoms with Gasteiger partial charge in [0.2, 0.25) is 0 Å². The number of nitrogens with zero attached hydrogens (tertiary/aromatic N) is 2. The lowest BCUT2D eigenvalue weighted by molar-refractivity contribution is 0.628. The Balaban J connectivity index is 2.46. The van der Waals surface area contributed by atoms with Gasteiger partial charge >= 0.3 is 0 Å². The van der Waals surface area contributed by atoms with Gasteiger partial charge < -0.3 is 4.57 Å². The molecule has 2 rings (SSSR count). The van der Waals surface area contributed by atoms with Gasteiger partial charge in [-0.1, -0.05) is 12.1 Å². The zero-order valence-electron chi connectivity index (χ0n) is 7.24. The Hall–Kier alpha value is -1.64. The molecule has 0 N–H and O–H groups in total. The number of aromatic nitrogens is 2. The molecule has 0 saturated heterocycles. The summed E-state index contributed by atoms with van der Waals surface area (Å²) in [7, 11) is 1.88. The molecule has 0 bridgehead atoms. The van der Waals surface area contributed by atoms with E-state index < -0.39 is 0 Å². The molecule has 0 atom stereocenters. The zero-order chi connectivity index (χ0) is 9.26. The highest BCUT2D eigenvalue weighted by atomic mass is 19.1. The van der Waals surface area contributed by atoms with Gasteiger partial charge in [-0.3, -0.25) is 0 Å². The smallest absolute Gasteiger partial charge is 0.123 e. The molecule has 66 valence electrons. The number of imidazole rings is 1. The Bertz CT molecular complexity index is 420. The van der Waals surface area contributed by atoms with Crippen molar-refractivity contribution < 1.29 is 4.39 Å². The number of hydrogen-bond acceptors (Lipinski definition) is 1. The van der Waals surface area contributed by atoms with Crippen LogP contribution in [0.3, 0.4) is 0 Å². The quantitative estimate of drug-likeness (QED) is 0.651. The Labute approximate surface area is 75.7 Å². The summed E-state index contributed by atoms with van der Waals surface area (Å²) in [5.41, 5.74) is 1.60. The predicted octanol–water partition coefficient (Wildman–Crippen LogP) is 2.23. The molecule has 0 aliphatic carbocycles. The molecule has 0 saturated carbocycles. The highest BCUT2D eigenvalue weighted by Gasteiger charge is 2.00. The summed E-state index contributed by atoms with van der Waals surface area (Å²) in [5.74, 6) is -0.233. The number of rotatable bonds is 1. The highest BCUT2D eigenvalue weighted by Crippen LogP contribution is 2.16. The van der Waals surface area contributed by atoms with E-state index in [9.17, 15) is 4.39 Å². The molecule has 13 heavy (non-hydrogen) atoms. The topological polar surface area (TPSA) is 17.8 Å². The average molecular weight is 176 g/mol. The SMILES string of the molecule is Cn1cnc(-c2cccc(F)c2)c1. The van der Waals surface area contributed by atoms with Gasteiger partial charge in [0.15, 0.2) is 0 Å². The Kier molecular flexibility index (Phi) is 1.85. The molecule has 1 heterocycles. The second-order valence-electron chi connectivity index (χ2n) is 2.93. The van der Waals surface area contributed by atoms with Crippen LogP contribution in [0.5, 0.6) is 0 Å². The summed E-state index contributed by atoms with van der Waals surface area (Å²) in [6.07, 6.45) is 3.55. The molecule has 0 amide bonds. The maximum Gasteiger partial charge on any atom is 0.123 e. The molecular weight excluding hydrogens is 167 g/mol. The molecule has 0 aliphatic rings. The molecular formula is C10H9FN2. The lowest BCUT2D eigenvalue weighted by Gasteiger charge is -1.95. The number of hydrogen-bond donors (Lipinski definition) is 0. The molecule has 2 nitrogen and oxygen atoms in total. The molecule has 1 aromatic heterocycles. The largest absolute Gasteiger partial charge is 0.340 e. The van der Waals surface area contributed by atoms with Crippen molar-refractivity contribution in [3.63, 3.8) is 0 Å². The summed E-state index contributed by atoms with van der Waals surface area (Å²) in [6.45, 7) is 0. The molecule has 0 aliphatic heterocycles. The lowest BCUT2D eigenvalue weighted by atomic mass is 10.2. The fraction of sp³-hybridized carbons (Fsp3) is 0.100.